The summed E-state index contributed by atoms with van der Waals surface area (Å²) in [5.74, 6) is -3.91. The van der Waals surface area contributed by atoms with E-state index in [9.17, 15) is 37.2 Å². The van der Waals surface area contributed by atoms with E-state index in [1.165, 1.54) is 17.2 Å². The molecule has 0 saturated heterocycles. The molecule has 30 heavy (non-hydrogen) atoms. The number of rotatable bonds is 5. The minimum Gasteiger partial charge on any atom is -0.502 e. The van der Waals surface area contributed by atoms with Gasteiger partial charge in [0.1, 0.15) is 11.5 Å². The Morgan fingerprint density at radius 2 is 1.97 bits per heavy atom. The summed E-state index contributed by atoms with van der Waals surface area (Å²) >= 11 is 0. The average Bonchev–Trinajstić information content (AvgIpc) is 2.65. The molecule has 1 N–H and O–H groups in total. The largest absolute Gasteiger partial charge is 0.573 e. The number of hydrogen-bond acceptors (Lipinski definition) is 6. The van der Waals surface area contributed by atoms with Crippen molar-refractivity contribution in [2.75, 3.05) is 6.54 Å². The molecule has 12 heteroatoms. The lowest BCUT2D eigenvalue weighted by Gasteiger charge is -2.31. The number of aromatic nitrogens is 1. The van der Waals surface area contributed by atoms with Gasteiger partial charge in [-0.15, -0.1) is 13.2 Å². The number of aliphatic hydroxyl groups excluding tert-OH is 1. The van der Waals surface area contributed by atoms with Crippen LogP contribution < -0.4 is 4.74 Å². The van der Waals surface area contributed by atoms with Crippen LogP contribution in [0.25, 0.3) is 0 Å². The van der Waals surface area contributed by atoms with Crippen molar-refractivity contribution in [3.05, 3.63) is 93.3 Å². The molecule has 0 saturated carbocycles. The van der Waals surface area contributed by atoms with Crippen LogP contribution in [-0.2, 0) is 0 Å². The van der Waals surface area contributed by atoms with E-state index in [1.807, 2.05) is 0 Å². The Morgan fingerprint density at radius 3 is 2.57 bits per heavy atom. The number of nitro groups is 1. The van der Waals surface area contributed by atoms with Crippen LogP contribution in [0.5, 0.6) is 5.75 Å². The van der Waals surface area contributed by atoms with Crippen LogP contribution in [0.3, 0.4) is 0 Å². The summed E-state index contributed by atoms with van der Waals surface area (Å²) < 4.78 is 69.4. The van der Waals surface area contributed by atoms with E-state index in [1.54, 1.807) is 0 Å². The van der Waals surface area contributed by atoms with Crippen LogP contribution in [0, 0.1) is 21.7 Å². The molecule has 7 nitrogen and oxygen atoms in total. The summed E-state index contributed by atoms with van der Waals surface area (Å²) in [7, 11) is 0. The van der Waals surface area contributed by atoms with Gasteiger partial charge in [-0.05, 0) is 35.9 Å². The first-order valence-electron chi connectivity index (χ1n) is 8.24. The Morgan fingerprint density at radius 1 is 1.23 bits per heavy atom. The molecule has 2 aromatic rings. The Kier molecular flexibility index (Phi) is 5.58. The monoisotopic (exact) mass is 429 g/mol. The van der Waals surface area contributed by atoms with Crippen molar-refractivity contribution < 1.29 is 36.7 Å². The molecule has 0 radical (unpaired) electrons. The maximum Gasteiger partial charge on any atom is 0.573 e. The van der Waals surface area contributed by atoms with Gasteiger partial charge in [-0.25, -0.2) is 8.78 Å². The molecule has 0 amide bonds. The zero-order chi connectivity index (χ0) is 22.1. The van der Waals surface area contributed by atoms with Gasteiger partial charge in [0.15, 0.2) is 17.3 Å². The summed E-state index contributed by atoms with van der Waals surface area (Å²) in [5, 5.41) is 20.8. The smallest absolute Gasteiger partial charge is 0.502 e. The lowest BCUT2D eigenvalue weighted by atomic mass is 9.99. The number of alkyl halides is 3. The van der Waals surface area contributed by atoms with Crippen molar-refractivity contribution in [3.8, 4) is 5.75 Å². The van der Waals surface area contributed by atoms with Gasteiger partial charge in [0, 0.05) is 12.7 Å². The molecule has 3 rings (SSSR count). The molecule has 1 aromatic heterocycles. The van der Waals surface area contributed by atoms with E-state index >= 15 is 0 Å². The minimum absolute atomic E-state index is 0.0478. The molecule has 2 heterocycles. The van der Waals surface area contributed by atoms with Crippen molar-refractivity contribution >= 4 is 0 Å². The molecule has 1 aromatic carbocycles. The predicted molar refractivity (Wildman–Crippen MR) is 91.6 cm³/mol. The average molecular weight is 429 g/mol. The molecule has 158 valence electrons. The van der Waals surface area contributed by atoms with Crippen molar-refractivity contribution in [3.63, 3.8) is 0 Å². The van der Waals surface area contributed by atoms with Crippen molar-refractivity contribution in [1.82, 2.24) is 9.88 Å². The molecule has 0 spiro atoms. The molecule has 0 bridgehead atoms. The fourth-order valence-corrected chi connectivity index (χ4v) is 2.89. The third-order valence-corrected chi connectivity index (χ3v) is 4.12. The van der Waals surface area contributed by atoms with Gasteiger partial charge in [-0.2, -0.15) is 0 Å². The van der Waals surface area contributed by atoms with Crippen LogP contribution in [0.15, 0.2) is 60.3 Å². The van der Waals surface area contributed by atoms with Crippen LogP contribution >= 0.6 is 0 Å². The Hall–Kier alpha value is -3.70. The van der Waals surface area contributed by atoms with E-state index in [2.05, 4.69) is 9.72 Å². The fourth-order valence-electron chi connectivity index (χ4n) is 2.89. The summed E-state index contributed by atoms with van der Waals surface area (Å²) in [5.41, 5.74) is -0.997. The number of hydrogen-bond donors (Lipinski definition) is 1. The summed E-state index contributed by atoms with van der Waals surface area (Å²) in [6, 6.07) is 3.55. The fraction of sp³-hybridized carbons (Fsp3) is 0.167. The van der Waals surface area contributed by atoms with Crippen molar-refractivity contribution in [2.45, 2.75) is 12.4 Å². The van der Waals surface area contributed by atoms with Crippen molar-refractivity contribution in [2.24, 2.45) is 0 Å². The zero-order valence-corrected chi connectivity index (χ0v) is 14.8. The summed E-state index contributed by atoms with van der Waals surface area (Å²) in [6.07, 6.45) is -1.87. The number of nitrogens with zero attached hydrogens (tertiary/aromatic N) is 3. The highest BCUT2D eigenvalue weighted by Crippen LogP contribution is 2.35. The van der Waals surface area contributed by atoms with Gasteiger partial charge < -0.3 is 14.7 Å². The van der Waals surface area contributed by atoms with Gasteiger partial charge in [0.05, 0.1) is 17.2 Å². The molecule has 0 unspecified atom stereocenters. The summed E-state index contributed by atoms with van der Waals surface area (Å²) in [6.45, 7) is -0.147. The highest BCUT2D eigenvalue weighted by Gasteiger charge is 2.34. The topological polar surface area (TPSA) is 88.7 Å². The highest BCUT2D eigenvalue weighted by atomic mass is 19.4. The second-order valence-electron chi connectivity index (χ2n) is 6.07. The van der Waals surface area contributed by atoms with Gasteiger partial charge in [-0.3, -0.25) is 15.1 Å². The number of halogens is 5. The van der Waals surface area contributed by atoms with Crippen LogP contribution in [0.2, 0.25) is 0 Å². The lowest BCUT2D eigenvalue weighted by Crippen LogP contribution is -2.30. The lowest BCUT2D eigenvalue weighted by molar-refractivity contribution is -0.425. The SMILES string of the molecule is O=[N+]([O-])C1=CN([C@@H](c2ccc(OC(F)(F)F)c(F)c2)c2ncccc2F)CC=C1O. The summed E-state index contributed by atoms with van der Waals surface area (Å²) in [4.78, 5) is 15.4. The van der Waals surface area contributed by atoms with Crippen LogP contribution in [-0.4, -0.2) is 32.8 Å². The second-order valence-corrected chi connectivity index (χ2v) is 6.07. The first-order valence-corrected chi connectivity index (χ1v) is 8.24. The molecular weight excluding hydrogens is 417 g/mol. The number of benzene rings is 1. The number of aliphatic hydroxyl groups is 1. The molecule has 1 aliphatic heterocycles. The van der Waals surface area contributed by atoms with E-state index in [-0.39, 0.29) is 17.8 Å². The Bertz CT molecular complexity index is 1040. The third kappa shape index (κ3) is 4.47. The Balaban J connectivity index is 2.09. The second kappa shape index (κ2) is 7.97. The highest BCUT2D eigenvalue weighted by molar-refractivity contribution is 5.37. The van der Waals surface area contributed by atoms with Gasteiger partial charge in [0.2, 0.25) is 0 Å². The molecular formula is C18H12F5N3O4. The normalized spacial score (nSPS) is 15.3. The number of pyridine rings is 1. The van der Waals surface area contributed by atoms with E-state index in [4.69, 9.17) is 0 Å². The van der Waals surface area contributed by atoms with Crippen LogP contribution in [0.4, 0.5) is 22.0 Å². The quantitative estimate of drug-likeness (QED) is 0.435. The van der Waals surface area contributed by atoms with E-state index in [0.717, 1.165) is 24.4 Å². The standard InChI is InChI=1S/C18H12F5N3O4/c19-11-2-1-6-24-16(11)17(25-7-5-14(27)13(9-25)26(28)29)10-3-4-15(12(20)8-10)30-18(21,22)23/h1-6,8-9,17,27H,7H2/t17-/m0/s1. The van der Waals surface area contributed by atoms with Gasteiger partial charge >= 0.3 is 12.1 Å². The molecule has 0 aliphatic carbocycles. The first-order chi connectivity index (χ1) is 14.1. The molecule has 1 atom stereocenters. The predicted octanol–water partition coefficient (Wildman–Crippen LogP) is 4.22. The third-order valence-electron chi connectivity index (χ3n) is 4.12. The van der Waals surface area contributed by atoms with E-state index < -0.39 is 46.2 Å². The first kappa shape index (κ1) is 21.0. The minimum atomic E-state index is -5.12. The zero-order valence-electron chi connectivity index (χ0n) is 14.8. The maximum absolute atomic E-state index is 14.4. The van der Waals surface area contributed by atoms with Crippen LogP contribution in [0.1, 0.15) is 17.3 Å². The number of ether oxygens (including phenoxy) is 1. The van der Waals surface area contributed by atoms with E-state index in [0.29, 0.717) is 12.1 Å². The molecule has 0 fully saturated rings. The Labute approximate surface area is 165 Å². The van der Waals surface area contributed by atoms with Crippen molar-refractivity contribution in [1.29, 1.82) is 0 Å². The van der Waals surface area contributed by atoms with Gasteiger partial charge in [0.25, 0.3) is 0 Å². The maximum atomic E-state index is 14.4. The molecule has 1 aliphatic rings. The van der Waals surface area contributed by atoms with Gasteiger partial charge in [-0.1, -0.05) is 6.07 Å².